The fourth-order valence-corrected chi connectivity index (χ4v) is 2.49. The number of aromatic nitrogens is 2. The quantitative estimate of drug-likeness (QED) is 0.734. The number of aromatic carboxylic acids is 1. The number of nitrogens with one attached hydrogen (secondary N) is 2. The fraction of sp³-hybridized carbons (Fsp3) is 0.250. The van der Waals surface area contributed by atoms with E-state index in [0.717, 1.165) is 0 Å². The number of carboxylic acids is 1. The van der Waals surface area contributed by atoms with Crippen LogP contribution in [0, 0.1) is 6.92 Å². The van der Waals surface area contributed by atoms with Crippen LogP contribution in [0.25, 0.3) is 0 Å². The van der Waals surface area contributed by atoms with E-state index in [1.54, 1.807) is 6.92 Å². The Bertz CT molecular complexity index is 775. The van der Waals surface area contributed by atoms with E-state index in [-0.39, 0.29) is 11.5 Å². The van der Waals surface area contributed by atoms with Gasteiger partial charge < -0.3 is 15.4 Å². The van der Waals surface area contributed by atoms with Crippen molar-refractivity contribution < 1.29 is 19.5 Å². The number of nitrogens with zero attached hydrogens (tertiary/aromatic N) is 1. The molecule has 0 saturated heterocycles. The van der Waals surface area contributed by atoms with Crippen molar-refractivity contribution in [3.63, 3.8) is 0 Å². The molecule has 0 spiro atoms. The first kappa shape index (κ1) is 16.4. The van der Waals surface area contributed by atoms with Crippen LogP contribution in [0.15, 0.2) is 18.3 Å². The van der Waals surface area contributed by atoms with Crippen molar-refractivity contribution >= 4 is 23.3 Å². The molecule has 0 fully saturated rings. The summed E-state index contributed by atoms with van der Waals surface area (Å²) in [6, 6.07) is 2.77. The number of Topliss-reactive ketones (excluding diaryl/α,β-unsaturated/α-hetero) is 1. The number of hydrogen-bond acceptors (Lipinski definition) is 4. The van der Waals surface area contributed by atoms with Crippen LogP contribution in [0.4, 0.5) is 5.69 Å². The van der Waals surface area contributed by atoms with E-state index in [9.17, 15) is 14.4 Å². The highest BCUT2D eigenvalue weighted by Crippen LogP contribution is 2.21. The average molecular weight is 315 g/mol. The molecule has 0 aliphatic rings. The van der Waals surface area contributed by atoms with Crippen molar-refractivity contribution in [1.82, 2.24) is 9.97 Å². The van der Waals surface area contributed by atoms with Crippen LogP contribution < -0.4 is 5.32 Å². The number of carboxylic acid groups (broad SMARTS) is 1. The number of ketones is 1. The first-order valence-electron chi connectivity index (χ1n) is 7.08. The number of pyridine rings is 1. The van der Waals surface area contributed by atoms with Gasteiger partial charge in [0.2, 0.25) is 0 Å². The Morgan fingerprint density at radius 2 is 2.00 bits per heavy atom. The van der Waals surface area contributed by atoms with Gasteiger partial charge in [-0.2, -0.15) is 0 Å². The number of carbonyl (C=O) groups is 3. The average Bonchev–Trinajstić information content (AvgIpc) is 2.84. The maximum absolute atomic E-state index is 12.4. The van der Waals surface area contributed by atoms with E-state index in [1.807, 2.05) is 6.92 Å². The number of rotatable bonds is 5. The van der Waals surface area contributed by atoms with Gasteiger partial charge in [0.15, 0.2) is 5.78 Å². The van der Waals surface area contributed by atoms with Crippen LogP contribution in [0.2, 0.25) is 0 Å². The Morgan fingerprint density at radius 3 is 2.48 bits per heavy atom. The van der Waals surface area contributed by atoms with E-state index < -0.39 is 11.9 Å². The molecule has 2 heterocycles. The van der Waals surface area contributed by atoms with E-state index in [2.05, 4.69) is 15.3 Å². The molecule has 0 atom stereocenters. The maximum Gasteiger partial charge on any atom is 0.354 e. The largest absolute Gasteiger partial charge is 0.477 e. The first-order chi connectivity index (χ1) is 10.8. The monoisotopic (exact) mass is 315 g/mol. The molecule has 120 valence electrons. The van der Waals surface area contributed by atoms with Crippen LogP contribution in [0.5, 0.6) is 0 Å². The summed E-state index contributed by atoms with van der Waals surface area (Å²) in [5.41, 5.74) is 2.46. The summed E-state index contributed by atoms with van der Waals surface area (Å²) in [6.45, 7) is 5.08. The van der Waals surface area contributed by atoms with Crippen LogP contribution in [0.1, 0.15) is 56.4 Å². The van der Waals surface area contributed by atoms with Gasteiger partial charge in [-0.1, -0.05) is 6.92 Å². The minimum atomic E-state index is -1.14. The minimum absolute atomic E-state index is 0.0953. The number of aromatic amines is 1. The molecule has 2 aromatic heterocycles. The second-order valence-electron chi connectivity index (χ2n) is 5.08. The molecular weight excluding hydrogens is 298 g/mol. The molecule has 0 unspecified atom stereocenters. The summed E-state index contributed by atoms with van der Waals surface area (Å²) in [7, 11) is 0. The van der Waals surface area contributed by atoms with Gasteiger partial charge in [-0.3, -0.25) is 9.59 Å². The highest BCUT2D eigenvalue weighted by molar-refractivity contribution is 6.07. The third kappa shape index (κ3) is 3.28. The molecular formula is C16H17N3O4. The third-order valence-corrected chi connectivity index (χ3v) is 3.46. The van der Waals surface area contributed by atoms with Gasteiger partial charge >= 0.3 is 5.97 Å². The molecule has 0 aliphatic carbocycles. The second kappa shape index (κ2) is 6.43. The summed E-state index contributed by atoms with van der Waals surface area (Å²) >= 11 is 0. The Balaban J connectivity index is 2.29. The van der Waals surface area contributed by atoms with Crippen molar-refractivity contribution in [3.05, 3.63) is 46.5 Å². The number of amides is 1. The molecule has 23 heavy (non-hydrogen) atoms. The van der Waals surface area contributed by atoms with Crippen molar-refractivity contribution in [2.75, 3.05) is 5.32 Å². The zero-order valence-corrected chi connectivity index (χ0v) is 13.1. The number of hydrogen-bond donors (Lipinski definition) is 3. The predicted octanol–water partition coefficient (Wildman–Crippen LogP) is 2.43. The molecule has 0 saturated carbocycles. The summed E-state index contributed by atoms with van der Waals surface area (Å²) in [6.07, 6.45) is 1.81. The van der Waals surface area contributed by atoms with E-state index >= 15 is 0 Å². The van der Waals surface area contributed by atoms with Crippen LogP contribution in [0.3, 0.4) is 0 Å². The van der Waals surface area contributed by atoms with Gasteiger partial charge in [-0.05, 0) is 38.0 Å². The Morgan fingerprint density at radius 1 is 1.30 bits per heavy atom. The number of carbonyl (C=O) groups excluding carboxylic acids is 2. The molecule has 0 bridgehead atoms. The molecule has 7 nitrogen and oxygen atoms in total. The normalized spacial score (nSPS) is 10.4. The third-order valence-electron chi connectivity index (χ3n) is 3.46. The lowest BCUT2D eigenvalue weighted by Gasteiger charge is -2.06. The Labute approximate surface area is 132 Å². The molecule has 2 aromatic rings. The number of H-pyrrole nitrogens is 1. The first-order valence-corrected chi connectivity index (χ1v) is 7.08. The second-order valence-corrected chi connectivity index (χ2v) is 5.08. The van der Waals surface area contributed by atoms with Gasteiger partial charge in [-0.25, -0.2) is 9.78 Å². The summed E-state index contributed by atoms with van der Waals surface area (Å²) in [5.74, 6) is -1.63. The lowest BCUT2D eigenvalue weighted by molar-refractivity contribution is 0.0690. The van der Waals surface area contributed by atoms with Gasteiger partial charge in [0.05, 0.1) is 11.9 Å². The molecule has 1 amide bonds. The maximum atomic E-state index is 12.4. The topological polar surface area (TPSA) is 112 Å². The molecule has 3 N–H and O–H groups in total. The summed E-state index contributed by atoms with van der Waals surface area (Å²) < 4.78 is 0. The predicted molar refractivity (Wildman–Crippen MR) is 84.1 cm³/mol. The van der Waals surface area contributed by atoms with E-state index in [0.29, 0.717) is 34.6 Å². The standard InChI is InChI=1S/C16H17N3O4/c1-4-11-13(9(3)20)8(2)18-14(11)15(21)19-10-5-6-12(16(22)23)17-7-10/h5-7,18H,4H2,1-3H3,(H,19,21)(H,22,23). The van der Waals surface area contributed by atoms with Gasteiger partial charge in [0.1, 0.15) is 11.4 Å². The van der Waals surface area contributed by atoms with Gasteiger partial charge in [0.25, 0.3) is 5.91 Å². The summed E-state index contributed by atoms with van der Waals surface area (Å²) in [4.78, 5) is 41.6. The van der Waals surface area contributed by atoms with Crippen LogP contribution in [-0.4, -0.2) is 32.7 Å². The molecule has 7 heteroatoms. The lowest BCUT2D eigenvalue weighted by Crippen LogP contribution is -2.15. The fourth-order valence-electron chi connectivity index (χ4n) is 2.49. The van der Waals surface area contributed by atoms with Crippen LogP contribution in [-0.2, 0) is 6.42 Å². The Hall–Kier alpha value is -2.96. The lowest BCUT2D eigenvalue weighted by atomic mass is 10.0. The smallest absolute Gasteiger partial charge is 0.354 e. The van der Waals surface area contributed by atoms with Gasteiger partial charge in [0, 0.05) is 11.3 Å². The molecule has 0 aromatic carbocycles. The number of anilines is 1. The minimum Gasteiger partial charge on any atom is -0.477 e. The summed E-state index contributed by atoms with van der Waals surface area (Å²) in [5, 5.41) is 11.4. The highest BCUT2D eigenvalue weighted by Gasteiger charge is 2.21. The SMILES string of the molecule is CCc1c(C(=O)Nc2ccc(C(=O)O)nc2)[nH]c(C)c1C(C)=O. The molecule has 0 radical (unpaired) electrons. The van der Waals surface area contributed by atoms with E-state index in [1.165, 1.54) is 25.3 Å². The Kier molecular flexibility index (Phi) is 4.59. The molecule has 0 aliphatic heterocycles. The van der Waals surface area contributed by atoms with Gasteiger partial charge in [-0.15, -0.1) is 0 Å². The van der Waals surface area contributed by atoms with Crippen molar-refractivity contribution in [1.29, 1.82) is 0 Å². The van der Waals surface area contributed by atoms with Crippen molar-refractivity contribution in [3.8, 4) is 0 Å². The van der Waals surface area contributed by atoms with Crippen LogP contribution >= 0.6 is 0 Å². The van der Waals surface area contributed by atoms with Crippen molar-refractivity contribution in [2.24, 2.45) is 0 Å². The van der Waals surface area contributed by atoms with Crippen molar-refractivity contribution in [2.45, 2.75) is 27.2 Å². The zero-order chi connectivity index (χ0) is 17.1. The molecule has 2 rings (SSSR count). The highest BCUT2D eigenvalue weighted by atomic mass is 16.4. The number of aryl methyl sites for hydroxylation is 1. The van der Waals surface area contributed by atoms with E-state index in [4.69, 9.17) is 5.11 Å². The zero-order valence-electron chi connectivity index (χ0n) is 13.1.